The first-order valence-corrected chi connectivity index (χ1v) is 8.59. The molecule has 0 radical (unpaired) electrons. The molecule has 0 aliphatic carbocycles. The molecule has 4 rings (SSSR count). The molecule has 0 saturated heterocycles. The van der Waals surface area contributed by atoms with Crippen molar-refractivity contribution in [3.05, 3.63) is 35.6 Å². The summed E-state index contributed by atoms with van der Waals surface area (Å²) in [5, 5.41) is 5.69. The first-order valence-electron chi connectivity index (χ1n) is 7.39. The number of methoxy groups -OCH3 is 3. The van der Waals surface area contributed by atoms with E-state index in [9.17, 15) is 0 Å². The van der Waals surface area contributed by atoms with Crippen molar-refractivity contribution in [3.63, 3.8) is 0 Å². The van der Waals surface area contributed by atoms with E-state index >= 15 is 0 Å². The SMILES string of the molecule is COc1cc2sc(-c3cnc4ccc(Cl)nn34)cc2c(OC)c1OC. The summed E-state index contributed by atoms with van der Waals surface area (Å²) in [7, 11) is 4.81. The van der Waals surface area contributed by atoms with Crippen LogP contribution in [0.2, 0.25) is 5.15 Å². The number of ether oxygens (including phenoxy) is 3. The highest BCUT2D eigenvalue weighted by molar-refractivity contribution is 7.22. The van der Waals surface area contributed by atoms with E-state index in [0.29, 0.717) is 22.4 Å². The number of halogens is 1. The van der Waals surface area contributed by atoms with E-state index in [1.54, 1.807) is 49.4 Å². The quantitative estimate of drug-likeness (QED) is 0.532. The third-order valence-corrected chi connectivity index (χ3v) is 5.21. The van der Waals surface area contributed by atoms with Crippen LogP contribution < -0.4 is 14.2 Å². The smallest absolute Gasteiger partial charge is 0.204 e. The Hall–Kier alpha value is -2.51. The van der Waals surface area contributed by atoms with Gasteiger partial charge in [-0.3, -0.25) is 0 Å². The van der Waals surface area contributed by atoms with Crippen LogP contribution in [-0.4, -0.2) is 35.9 Å². The Morgan fingerprint density at radius 1 is 1.04 bits per heavy atom. The van der Waals surface area contributed by atoms with Crippen LogP contribution in [-0.2, 0) is 0 Å². The molecular weight excluding hydrogens is 362 g/mol. The van der Waals surface area contributed by atoms with Crippen LogP contribution in [0, 0.1) is 0 Å². The summed E-state index contributed by atoms with van der Waals surface area (Å²) in [5.74, 6) is 1.83. The molecule has 8 heteroatoms. The number of aromatic nitrogens is 3. The highest BCUT2D eigenvalue weighted by Gasteiger charge is 2.20. The van der Waals surface area contributed by atoms with E-state index in [-0.39, 0.29) is 0 Å². The number of hydrogen-bond donors (Lipinski definition) is 0. The van der Waals surface area contributed by atoms with Gasteiger partial charge in [-0.25, -0.2) is 9.50 Å². The third kappa shape index (κ3) is 2.47. The van der Waals surface area contributed by atoms with Gasteiger partial charge in [0.1, 0.15) is 10.8 Å². The minimum absolute atomic E-state index is 0.411. The van der Waals surface area contributed by atoms with Crippen LogP contribution in [0.5, 0.6) is 17.2 Å². The zero-order valence-corrected chi connectivity index (χ0v) is 15.3. The van der Waals surface area contributed by atoms with Gasteiger partial charge >= 0.3 is 0 Å². The predicted octanol–water partition coefficient (Wildman–Crippen LogP) is 4.29. The summed E-state index contributed by atoms with van der Waals surface area (Å²) in [5.41, 5.74) is 1.60. The molecule has 3 heterocycles. The highest BCUT2D eigenvalue weighted by Crippen LogP contribution is 2.47. The van der Waals surface area contributed by atoms with Gasteiger partial charge in [0.2, 0.25) is 5.75 Å². The highest BCUT2D eigenvalue weighted by atomic mass is 35.5. The van der Waals surface area contributed by atoms with Gasteiger partial charge < -0.3 is 14.2 Å². The van der Waals surface area contributed by atoms with Gasteiger partial charge in [-0.15, -0.1) is 11.3 Å². The van der Waals surface area contributed by atoms with Gasteiger partial charge in [-0.2, -0.15) is 5.10 Å². The molecule has 4 aromatic rings. The van der Waals surface area contributed by atoms with Crippen molar-refractivity contribution in [2.24, 2.45) is 0 Å². The van der Waals surface area contributed by atoms with Crippen LogP contribution >= 0.6 is 22.9 Å². The number of thiophene rings is 1. The third-order valence-electron chi connectivity index (χ3n) is 3.91. The fraction of sp³-hybridized carbons (Fsp3) is 0.176. The van der Waals surface area contributed by atoms with Crippen LogP contribution in [0.4, 0.5) is 0 Å². The van der Waals surface area contributed by atoms with Crippen molar-refractivity contribution in [2.75, 3.05) is 21.3 Å². The summed E-state index contributed by atoms with van der Waals surface area (Å²) < 4.78 is 19.2. The molecule has 0 amide bonds. The first-order chi connectivity index (χ1) is 12.2. The Balaban J connectivity index is 1.98. The lowest BCUT2D eigenvalue weighted by atomic mass is 10.2. The molecule has 0 bridgehead atoms. The standard InChI is InChI=1S/C17H14ClN3O3S/c1-22-11-7-12-9(16(23-2)17(11)24-3)6-13(25-12)10-8-19-15-5-4-14(18)20-21(10)15/h4-8H,1-3H3. The normalized spacial score (nSPS) is 11.2. The molecule has 0 N–H and O–H groups in total. The Kier molecular flexibility index (Phi) is 3.89. The molecule has 0 atom stereocenters. The Morgan fingerprint density at radius 2 is 1.84 bits per heavy atom. The molecule has 0 saturated carbocycles. The van der Waals surface area contributed by atoms with Crippen LogP contribution in [0.3, 0.4) is 0 Å². The van der Waals surface area contributed by atoms with Crippen molar-refractivity contribution < 1.29 is 14.2 Å². The number of hydrogen-bond acceptors (Lipinski definition) is 6. The summed E-state index contributed by atoms with van der Waals surface area (Å²) >= 11 is 7.63. The van der Waals surface area contributed by atoms with E-state index in [4.69, 9.17) is 25.8 Å². The largest absolute Gasteiger partial charge is 0.493 e. The van der Waals surface area contributed by atoms with Gasteiger partial charge in [-0.05, 0) is 18.2 Å². The fourth-order valence-electron chi connectivity index (χ4n) is 2.80. The maximum atomic E-state index is 6.03. The van der Waals surface area contributed by atoms with Crippen molar-refractivity contribution in [3.8, 4) is 27.8 Å². The molecule has 0 unspecified atom stereocenters. The maximum absolute atomic E-state index is 6.03. The number of rotatable bonds is 4. The molecule has 0 fully saturated rings. The Morgan fingerprint density at radius 3 is 2.56 bits per heavy atom. The fourth-order valence-corrected chi connectivity index (χ4v) is 4.02. The molecule has 3 aromatic heterocycles. The van der Waals surface area contributed by atoms with Crippen molar-refractivity contribution >= 4 is 38.7 Å². The lowest BCUT2D eigenvalue weighted by Gasteiger charge is -2.12. The first kappa shape index (κ1) is 16.0. The van der Waals surface area contributed by atoms with Crippen LogP contribution in [0.1, 0.15) is 0 Å². The number of imidazole rings is 1. The summed E-state index contributed by atoms with van der Waals surface area (Å²) in [6.07, 6.45) is 1.78. The molecular formula is C17H14ClN3O3S. The maximum Gasteiger partial charge on any atom is 0.204 e. The minimum Gasteiger partial charge on any atom is -0.493 e. The van der Waals surface area contributed by atoms with Crippen molar-refractivity contribution in [1.82, 2.24) is 14.6 Å². The van der Waals surface area contributed by atoms with E-state index in [1.807, 2.05) is 18.2 Å². The molecule has 0 spiro atoms. The molecule has 0 aliphatic rings. The van der Waals surface area contributed by atoms with E-state index in [1.165, 1.54) is 0 Å². The molecule has 0 aliphatic heterocycles. The second kappa shape index (κ2) is 6.09. The summed E-state index contributed by atoms with van der Waals surface area (Å²) in [6, 6.07) is 7.53. The van der Waals surface area contributed by atoms with Crippen LogP contribution in [0.15, 0.2) is 30.5 Å². The molecule has 25 heavy (non-hydrogen) atoms. The van der Waals surface area contributed by atoms with E-state index in [0.717, 1.165) is 26.3 Å². The van der Waals surface area contributed by atoms with Gasteiger partial charge in [-0.1, -0.05) is 11.6 Å². The number of benzene rings is 1. The number of nitrogens with zero attached hydrogens (tertiary/aromatic N) is 3. The zero-order valence-electron chi connectivity index (χ0n) is 13.7. The summed E-state index contributed by atoms with van der Waals surface area (Å²) in [4.78, 5) is 5.38. The summed E-state index contributed by atoms with van der Waals surface area (Å²) in [6.45, 7) is 0. The van der Waals surface area contributed by atoms with Gasteiger partial charge in [0, 0.05) is 16.2 Å². The molecule has 1 aromatic carbocycles. The second-order valence-electron chi connectivity index (χ2n) is 5.24. The van der Waals surface area contributed by atoms with E-state index < -0.39 is 0 Å². The van der Waals surface area contributed by atoms with Crippen LogP contribution in [0.25, 0.3) is 26.3 Å². The minimum atomic E-state index is 0.411. The van der Waals surface area contributed by atoms with Gasteiger partial charge in [0.05, 0.1) is 32.4 Å². The second-order valence-corrected chi connectivity index (χ2v) is 6.71. The lowest BCUT2D eigenvalue weighted by Crippen LogP contribution is -1.94. The molecule has 6 nitrogen and oxygen atoms in total. The lowest BCUT2D eigenvalue weighted by molar-refractivity contribution is 0.327. The zero-order chi connectivity index (χ0) is 17.6. The Bertz CT molecular complexity index is 1090. The topological polar surface area (TPSA) is 57.9 Å². The average Bonchev–Trinajstić information content (AvgIpc) is 3.22. The predicted molar refractivity (Wildman–Crippen MR) is 98.5 cm³/mol. The Labute approximate surface area is 152 Å². The monoisotopic (exact) mass is 375 g/mol. The average molecular weight is 376 g/mol. The van der Waals surface area contributed by atoms with Gasteiger partial charge in [0.25, 0.3) is 0 Å². The molecule has 128 valence electrons. The van der Waals surface area contributed by atoms with E-state index in [2.05, 4.69) is 10.1 Å². The van der Waals surface area contributed by atoms with Gasteiger partial charge in [0.15, 0.2) is 17.1 Å². The van der Waals surface area contributed by atoms with Crippen molar-refractivity contribution in [2.45, 2.75) is 0 Å². The van der Waals surface area contributed by atoms with Crippen molar-refractivity contribution in [1.29, 1.82) is 0 Å². The number of fused-ring (bicyclic) bond motifs is 2.